The van der Waals surface area contributed by atoms with Crippen LogP contribution in [0.2, 0.25) is 0 Å². The van der Waals surface area contributed by atoms with Crippen LogP contribution in [0.4, 0.5) is 0 Å². The summed E-state index contributed by atoms with van der Waals surface area (Å²) in [6, 6.07) is 1.86. The van der Waals surface area contributed by atoms with Gasteiger partial charge in [0.05, 0.1) is 6.10 Å². The quantitative estimate of drug-likeness (QED) is 0.794. The Bertz CT molecular complexity index is 216. The van der Waals surface area contributed by atoms with E-state index in [0.29, 0.717) is 18.2 Å². The molecule has 3 nitrogen and oxygen atoms in total. The van der Waals surface area contributed by atoms with E-state index in [4.69, 9.17) is 10.5 Å². The van der Waals surface area contributed by atoms with Crippen LogP contribution in [0.5, 0.6) is 0 Å². The average molecular weight is 226 g/mol. The molecule has 4 unspecified atom stereocenters. The van der Waals surface area contributed by atoms with Crippen molar-refractivity contribution in [1.82, 2.24) is 4.90 Å². The summed E-state index contributed by atoms with van der Waals surface area (Å²) in [5.74, 6) is 0. The van der Waals surface area contributed by atoms with E-state index in [0.717, 1.165) is 19.2 Å². The first kappa shape index (κ1) is 12.3. The van der Waals surface area contributed by atoms with Crippen molar-refractivity contribution in [3.05, 3.63) is 0 Å². The van der Waals surface area contributed by atoms with Crippen LogP contribution >= 0.6 is 0 Å². The maximum Gasteiger partial charge on any atom is 0.0743 e. The minimum absolute atomic E-state index is 0.389. The molecule has 3 heteroatoms. The fraction of sp³-hybridized carbons (Fsp3) is 1.00. The summed E-state index contributed by atoms with van der Waals surface area (Å²) in [5, 5.41) is 0. The lowest BCUT2D eigenvalue weighted by Gasteiger charge is -2.38. The number of hydrogen-bond donors (Lipinski definition) is 1. The summed E-state index contributed by atoms with van der Waals surface area (Å²) in [4.78, 5) is 2.65. The van der Waals surface area contributed by atoms with Crippen molar-refractivity contribution in [2.24, 2.45) is 5.73 Å². The minimum Gasteiger partial charge on any atom is -0.377 e. The monoisotopic (exact) mass is 226 g/mol. The highest BCUT2D eigenvalue weighted by Gasteiger charge is 2.39. The molecule has 0 saturated carbocycles. The highest BCUT2D eigenvalue weighted by Crippen LogP contribution is 2.31. The van der Waals surface area contributed by atoms with Gasteiger partial charge in [-0.05, 0) is 39.0 Å². The molecular weight excluding hydrogens is 200 g/mol. The molecule has 0 aromatic carbocycles. The fourth-order valence-corrected chi connectivity index (χ4v) is 3.48. The van der Waals surface area contributed by atoms with Crippen molar-refractivity contribution >= 4 is 0 Å². The summed E-state index contributed by atoms with van der Waals surface area (Å²) in [6.07, 6.45) is 6.69. The summed E-state index contributed by atoms with van der Waals surface area (Å²) in [6.45, 7) is 6.30. The molecule has 0 amide bonds. The van der Waals surface area contributed by atoms with Crippen molar-refractivity contribution in [2.45, 2.75) is 70.2 Å². The first-order chi connectivity index (χ1) is 7.77. The van der Waals surface area contributed by atoms with Gasteiger partial charge in [0.25, 0.3) is 0 Å². The Morgan fingerprint density at radius 3 is 2.75 bits per heavy atom. The fourth-order valence-electron chi connectivity index (χ4n) is 3.48. The Labute approximate surface area is 99.3 Å². The lowest BCUT2D eigenvalue weighted by molar-refractivity contribution is 0.00717. The molecule has 0 spiro atoms. The molecule has 0 aromatic rings. The van der Waals surface area contributed by atoms with Crippen LogP contribution in [0.3, 0.4) is 0 Å². The van der Waals surface area contributed by atoms with Gasteiger partial charge in [-0.2, -0.15) is 0 Å². The molecule has 4 atom stereocenters. The van der Waals surface area contributed by atoms with Gasteiger partial charge in [-0.3, -0.25) is 4.90 Å². The van der Waals surface area contributed by atoms with E-state index >= 15 is 0 Å². The minimum atomic E-state index is 0.389. The lowest BCUT2D eigenvalue weighted by Crippen LogP contribution is -2.52. The predicted octanol–water partition coefficient (Wildman–Crippen LogP) is 1.76. The third-order valence-electron chi connectivity index (χ3n) is 4.34. The topological polar surface area (TPSA) is 38.5 Å². The van der Waals surface area contributed by atoms with Gasteiger partial charge < -0.3 is 10.5 Å². The number of ether oxygens (including phenoxy) is 1. The van der Waals surface area contributed by atoms with Gasteiger partial charge in [-0.25, -0.2) is 0 Å². The molecule has 0 bridgehead atoms. The molecule has 2 saturated heterocycles. The SMILES string of the molecule is CCC1CCC(C)N1C(CN)C1CCCO1. The number of rotatable bonds is 4. The van der Waals surface area contributed by atoms with Crippen molar-refractivity contribution in [3.8, 4) is 0 Å². The van der Waals surface area contributed by atoms with E-state index in [1.165, 1.54) is 32.1 Å². The summed E-state index contributed by atoms with van der Waals surface area (Å²) in [7, 11) is 0. The van der Waals surface area contributed by atoms with Crippen LogP contribution in [0.15, 0.2) is 0 Å². The van der Waals surface area contributed by atoms with Crippen molar-refractivity contribution in [2.75, 3.05) is 13.2 Å². The number of likely N-dealkylation sites (tertiary alicyclic amines) is 1. The molecule has 2 aliphatic rings. The smallest absolute Gasteiger partial charge is 0.0743 e. The van der Waals surface area contributed by atoms with Crippen LogP contribution in [0.1, 0.15) is 46.0 Å². The molecule has 2 aliphatic heterocycles. The molecule has 0 radical (unpaired) electrons. The maximum atomic E-state index is 5.99. The molecule has 0 aliphatic carbocycles. The van der Waals surface area contributed by atoms with Crippen LogP contribution in [0.25, 0.3) is 0 Å². The van der Waals surface area contributed by atoms with E-state index in [9.17, 15) is 0 Å². The zero-order chi connectivity index (χ0) is 11.5. The van der Waals surface area contributed by atoms with Crippen LogP contribution in [0, 0.1) is 0 Å². The Morgan fingerprint density at radius 1 is 1.38 bits per heavy atom. The van der Waals surface area contributed by atoms with Crippen molar-refractivity contribution in [1.29, 1.82) is 0 Å². The number of hydrogen-bond acceptors (Lipinski definition) is 3. The third-order valence-corrected chi connectivity index (χ3v) is 4.34. The molecule has 94 valence electrons. The Balaban J connectivity index is 2.05. The van der Waals surface area contributed by atoms with Crippen molar-refractivity contribution < 1.29 is 4.74 Å². The first-order valence-electron chi connectivity index (χ1n) is 6.87. The van der Waals surface area contributed by atoms with Gasteiger partial charge in [-0.1, -0.05) is 6.92 Å². The molecule has 2 rings (SSSR count). The zero-order valence-electron chi connectivity index (χ0n) is 10.7. The van der Waals surface area contributed by atoms with Gasteiger partial charge in [0, 0.05) is 31.3 Å². The summed E-state index contributed by atoms with van der Waals surface area (Å²) < 4.78 is 5.84. The largest absolute Gasteiger partial charge is 0.377 e. The Morgan fingerprint density at radius 2 is 2.19 bits per heavy atom. The van der Waals surface area contributed by atoms with E-state index in [2.05, 4.69) is 18.7 Å². The molecule has 2 N–H and O–H groups in total. The van der Waals surface area contributed by atoms with E-state index in [-0.39, 0.29) is 0 Å². The van der Waals surface area contributed by atoms with Gasteiger partial charge in [0.1, 0.15) is 0 Å². The normalized spacial score (nSPS) is 38.1. The zero-order valence-corrected chi connectivity index (χ0v) is 10.7. The van der Waals surface area contributed by atoms with E-state index in [1.807, 2.05) is 0 Å². The highest BCUT2D eigenvalue weighted by atomic mass is 16.5. The second-order valence-electron chi connectivity index (χ2n) is 5.29. The Hall–Kier alpha value is -0.120. The molecule has 16 heavy (non-hydrogen) atoms. The number of nitrogens with zero attached hydrogens (tertiary/aromatic N) is 1. The second-order valence-corrected chi connectivity index (χ2v) is 5.29. The second kappa shape index (κ2) is 5.48. The van der Waals surface area contributed by atoms with E-state index in [1.54, 1.807) is 0 Å². The van der Waals surface area contributed by atoms with E-state index < -0.39 is 0 Å². The molecule has 0 aromatic heterocycles. The van der Waals surface area contributed by atoms with Gasteiger partial charge in [-0.15, -0.1) is 0 Å². The maximum absolute atomic E-state index is 5.99. The van der Waals surface area contributed by atoms with Crippen molar-refractivity contribution in [3.63, 3.8) is 0 Å². The third kappa shape index (κ3) is 2.27. The standard InChI is InChI=1S/C13H26N2O/c1-3-11-7-6-10(2)15(11)12(9-14)13-5-4-8-16-13/h10-13H,3-9,14H2,1-2H3. The molecular formula is C13H26N2O. The first-order valence-corrected chi connectivity index (χ1v) is 6.87. The van der Waals surface area contributed by atoms with Crippen LogP contribution in [-0.4, -0.2) is 42.3 Å². The van der Waals surface area contributed by atoms with Crippen LogP contribution in [-0.2, 0) is 4.74 Å². The van der Waals surface area contributed by atoms with Gasteiger partial charge in [0.2, 0.25) is 0 Å². The average Bonchev–Trinajstić information content (AvgIpc) is 2.91. The summed E-state index contributed by atoms with van der Waals surface area (Å²) in [5.41, 5.74) is 5.99. The molecule has 2 heterocycles. The Kier molecular flexibility index (Phi) is 4.22. The summed E-state index contributed by atoms with van der Waals surface area (Å²) >= 11 is 0. The highest BCUT2D eigenvalue weighted by molar-refractivity contribution is 4.94. The number of nitrogens with two attached hydrogens (primary N) is 1. The van der Waals surface area contributed by atoms with Gasteiger partial charge >= 0.3 is 0 Å². The molecule has 2 fully saturated rings. The lowest BCUT2D eigenvalue weighted by atomic mass is 10.0. The predicted molar refractivity (Wildman–Crippen MR) is 66.4 cm³/mol. The van der Waals surface area contributed by atoms with Crippen LogP contribution < -0.4 is 5.73 Å². The van der Waals surface area contributed by atoms with Gasteiger partial charge in [0.15, 0.2) is 0 Å².